The van der Waals surface area contributed by atoms with E-state index >= 15 is 0 Å². The van der Waals surface area contributed by atoms with Crippen LogP contribution < -0.4 is 5.32 Å². The van der Waals surface area contributed by atoms with E-state index in [9.17, 15) is 4.79 Å². The molecule has 1 amide bonds. The molecule has 0 saturated carbocycles. The Morgan fingerprint density at radius 1 is 1.17 bits per heavy atom. The molecule has 2 aromatic carbocycles. The summed E-state index contributed by atoms with van der Waals surface area (Å²) < 4.78 is 6.61. The number of thioether (sulfide) groups is 1. The highest BCUT2D eigenvalue weighted by Crippen LogP contribution is 2.31. The Kier molecular flexibility index (Phi) is 5.69. The smallest absolute Gasteiger partial charge is 0.293 e. The molecule has 0 atom stereocenters. The third-order valence-electron chi connectivity index (χ3n) is 4.85. The minimum absolute atomic E-state index is 0.302. The summed E-state index contributed by atoms with van der Waals surface area (Å²) in [4.78, 5) is 12.7. The average molecular weight is 424 g/mol. The third-order valence-corrected chi connectivity index (χ3v) is 6.88. The molecule has 5 nitrogen and oxygen atoms in total. The molecular formula is C22H21N3O2S2. The lowest BCUT2D eigenvalue weighted by Crippen LogP contribution is -2.11. The van der Waals surface area contributed by atoms with Crippen LogP contribution in [0.3, 0.4) is 0 Å². The molecule has 1 N–H and O–H groups in total. The summed E-state index contributed by atoms with van der Waals surface area (Å²) in [6.07, 6.45) is 0.940. The Balaban J connectivity index is 1.46. The minimum Gasteiger partial charge on any atom is -0.451 e. The van der Waals surface area contributed by atoms with Crippen LogP contribution in [0.5, 0.6) is 0 Å². The van der Waals surface area contributed by atoms with E-state index in [0.29, 0.717) is 10.9 Å². The molecule has 0 aliphatic heterocycles. The van der Waals surface area contributed by atoms with E-state index < -0.39 is 0 Å². The van der Waals surface area contributed by atoms with Crippen LogP contribution >= 0.6 is 23.1 Å². The summed E-state index contributed by atoms with van der Waals surface area (Å²) >= 11 is 2.98. The van der Waals surface area contributed by atoms with E-state index in [4.69, 9.17) is 4.42 Å². The summed E-state index contributed by atoms with van der Waals surface area (Å²) in [5.74, 6) is 0.832. The number of fused-ring (bicyclic) bond motifs is 1. The van der Waals surface area contributed by atoms with Crippen molar-refractivity contribution in [3.8, 4) is 0 Å². The molecule has 0 saturated heterocycles. The molecule has 0 aliphatic rings. The fourth-order valence-electron chi connectivity index (χ4n) is 3.09. The van der Waals surface area contributed by atoms with Gasteiger partial charge in [0.15, 0.2) is 10.1 Å². The number of carbonyl (C=O) groups is 1. The van der Waals surface area contributed by atoms with Crippen molar-refractivity contribution in [3.63, 3.8) is 0 Å². The predicted molar refractivity (Wildman–Crippen MR) is 119 cm³/mol. The number of aryl methyl sites for hydroxylation is 3. The van der Waals surface area contributed by atoms with E-state index in [1.807, 2.05) is 31.2 Å². The van der Waals surface area contributed by atoms with E-state index in [2.05, 4.69) is 47.6 Å². The SMILES string of the molecule is CCc1ccc2oc(C(=O)Nc3nnc(SCc4ccccc4C)s3)c(C)c2c1. The zero-order chi connectivity index (χ0) is 20.4. The number of furan rings is 1. The van der Waals surface area contributed by atoms with Gasteiger partial charge in [-0.05, 0) is 49.1 Å². The van der Waals surface area contributed by atoms with Gasteiger partial charge in [-0.15, -0.1) is 10.2 Å². The van der Waals surface area contributed by atoms with Crippen LogP contribution in [0.15, 0.2) is 51.2 Å². The Morgan fingerprint density at radius 3 is 2.79 bits per heavy atom. The van der Waals surface area contributed by atoms with Crippen LogP contribution in [0.1, 0.15) is 39.7 Å². The van der Waals surface area contributed by atoms with Crippen LogP contribution in [-0.4, -0.2) is 16.1 Å². The Bertz CT molecular complexity index is 1180. The number of hydrogen-bond donors (Lipinski definition) is 1. The van der Waals surface area contributed by atoms with Gasteiger partial charge in [-0.3, -0.25) is 10.1 Å². The molecule has 148 valence electrons. The van der Waals surface area contributed by atoms with Gasteiger partial charge < -0.3 is 4.42 Å². The van der Waals surface area contributed by atoms with Gasteiger partial charge in [-0.1, -0.05) is 60.4 Å². The maximum atomic E-state index is 12.7. The van der Waals surface area contributed by atoms with Gasteiger partial charge in [-0.2, -0.15) is 0 Å². The summed E-state index contributed by atoms with van der Waals surface area (Å²) in [6.45, 7) is 6.11. The Morgan fingerprint density at radius 2 is 2.00 bits per heavy atom. The van der Waals surface area contributed by atoms with Crippen molar-refractivity contribution in [2.24, 2.45) is 0 Å². The molecule has 0 spiro atoms. The number of hydrogen-bond acceptors (Lipinski definition) is 6. The lowest BCUT2D eigenvalue weighted by atomic mass is 10.1. The van der Waals surface area contributed by atoms with Gasteiger partial charge in [0, 0.05) is 16.7 Å². The minimum atomic E-state index is -0.302. The summed E-state index contributed by atoms with van der Waals surface area (Å²) in [5, 5.41) is 12.5. The van der Waals surface area contributed by atoms with Crippen molar-refractivity contribution in [1.82, 2.24) is 10.2 Å². The van der Waals surface area contributed by atoms with Gasteiger partial charge in [0.05, 0.1) is 0 Å². The second-order valence-electron chi connectivity index (χ2n) is 6.78. The zero-order valence-corrected chi connectivity index (χ0v) is 18.1. The number of rotatable bonds is 6. The normalized spacial score (nSPS) is 11.1. The first kappa shape index (κ1) is 19.7. The van der Waals surface area contributed by atoms with Crippen LogP contribution in [0.4, 0.5) is 5.13 Å². The first-order chi connectivity index (χ1) is 14.0. The van der Waals surface area contributed by atoms with E-state index in [1.165, 1.54) is 28.0 Å². The first-order valence-corrected chi connectivity index (χ1v) is 11.2. The molecular weight excluding hydrogens is 402 g/mol. The number of nitrogens with zero attached hydrogens (tertiary/aromatic N) is 2. The number of aromatic nitrogens is 2. The van der Waals surface area contributed by atoms with Gasteiger partial charge >= 0.3 is 0 Å². The summed E-state index contributed by atoms with van der Waals surface area (Å²) in [6, 6.07) is 14.3. The van der Waals surface area contributed by atoms with E-state index in [1.54, 1.807) is 11.8 Å². The second kappa shape index (κ2) is 8.39. The van der Waals surface area contributed by atoms with Crippen LogP contribution in [0.25, 0.3) is 11.0 Å². The molecule has 0 fully saturated rings. The molecule has 0 bridgehead atoms. The van der Waals surface area contributed by atoms with Gasteiger partial charge in [-0.25, -0.2) is 0 Å². The number of carbonyl (C=O) groups excluding carboxylic acids is 1. The Labute approximate surface area is 177 Å². The molecule has 4 aromatic rings. The highest BCUT2D eigenvalue weighted by Gasteiger charge is 2.19. The fraction of sp³-hybridized carbons (Fsp3) is 0.227. The van der Waals surface area contributed by atoms with E-state index in [-0.39, 0.29) is 5.91 Å². The van der Waals surface area contributed by atoms with E-state index in [0.717, 1.165) is 33.0 Å². The van der Waals surface area contributed by atoms with Crippen molar-refractivity contribution in [3.05, 3.63) is 70.5 Å². The van der Waals surface area contributed by atoms with Gasteiger partial charge in [0.25, 0.3) is 5.91 Å². The molecule has 2 heterocycles. The summed E-state index contributed by atoms with van der Waals surface area (Å²) in [7, 11) is 0. The molecule has 0 aliphatic carbocycles. The van der Waals surface area contributed by atoms with Crippen molar-refractivity contribution in [2.75, 3.05) is 5.32 Å². The van der Waals surface area contributed by atoms with Crippen molar-refractivity contribution in [2.45, 2.75) is 37.3 Å². The zero-order valence-electron chi connectivity index (χ0n) is 16.5. The number of amides is 1. The number of nitrogens with one attached hydrogen (secondary N) is 1. The monoisotopic (exact) mass is 423 g/mol. The van der Waals surface area contributed by atoms with Crippen LogP contribution in [-0.2, 0) is 12.2 Å². The maximum absolute atomic E-state index is 12.7. The molecule has 0 radical (unpaired) electrons. The van der Waals surface area contributed by atoms with Crippen LogP contribution in [0, 0.1) is 13.8 Å². The topological polar surface area (TPSA) is 68.0 Å². The average Bonchev–Trinajstić information content (AvgIpc) is 3.31. The standard InChI is InChI=1S/C22H21N3O2S2/c1-4-15-9-10-18-17(11-15)14(3)19(27-18)20(26)23-21-24-25-22(29-21)28-12-16-8-6-5-7-13(16)2/h5-11H,4,12H2,1-3H3,(H,23,24,26). The quantitative estimate of drug-likeness (QED) is 0.304. The maximum Gasteiger partial charge on any atom is 0.293 e. The number of anilines is 1. The van der Waals surface area contributed by atoms with Crippen molar-refractivity contribution < 1.29 is 9.21 Å². The largest absolute Gasteiger partial charge is 0.451 e. The highest BCUT2D eigenvalue weighted by molar-refractivity contribution is 8.00. The number of benzene rings is 2. The van der Waals surface area contributed by atoms with Crippen molar-refractivity contribution in [1.29, 1.82) is 0 Å². The second-order valence-corrected chi connectivity index (χ2v) is 8.98. The molecule has 0 unspecified atom stereocenters. The Hall–Kier alpha value is -2.64. The lowest BCUT2D eigenvalue weighted by molar-refractivity contribution is 0.0998. The lowest BCUT2D eigenvalue weighted by Gasteiger charge is -2.02. The van der Waals surface area contributed by atoms with Crippen LogP contribution in [0.2, 0.25) is 0 Å². The fourth-order valence-corrected chi connectivity index (χ4v) is 4.91. The summed E-state index contributed by atoms with van der Waals surface area (Å²) in [5.41, 5.74) is 5.29. The molecule has 4 rings (SSSR count). The highest BCUT2D eigenvalue weighted by atomic mass is 32.2. The molecule has 7 heteroatoms. The predicted octanol–water partition coefficient (Wildman–Crippen LogP) is 6.01. The third kappa shape index (κ3) is 4.21. The first-order valence-electron chi connectivity index (χ1n) is 9.39. The molecule has 2 aromatic heterocycles. The van der Waals surface area contributed by atoms with Gasteiger partial charge in [0.2, 0.25) is 5.13 Å². The molecule has 29 heavy (non-hydrogen) atoms. The van der Waals surface area contributed by atoms with Gasteiger partial charge in [0.1, 0.15) is 5.58 Å². The van der Waals surface area contributed by atoms with Crippen molar-refractivity contribution >= 4 is 45.1 Å².